The van der Waals surface area contributed by atoms with Gasteiger partial charge in [-0.1, -0.05) is 13.0 Å². The molecule has 1 unspecified atom stereocenters. The van der Waals surface area contributed by atoms with Crippen LogP contribution in [-0.2, 0) is 9.31 Å². The van der Waals surface area contributed by atoms with Crippen molar-refractivity contribution >= 4 is 18.3 Å². The highest BCUT2D eigenvalue weighted by Gasteiger charge is 2.51. The van der Waals surface area contributed by atoms with Crippen LogP contribution >= 0.6 is 0 Å². The third kappa shape index (κ3) is 3.13. The van der Waals surface area contributed by atoms with Crippen LogP contribution < -0.4 is 10.4 Å². The van der Waals surface area contributed by atoms with Gasteiger partial charge >= 0.3 is 7.12 Å². The Bertz CT molecular complexity index is 574. The Morgan fingerprint density at radius 3 is 2.39 bits per heavy atom. The smallest absolute Gasteiger partial charge is 0.399 e. The average Bonchev–Trinajstić information content (AvgIpc) is 2.67. The number of halogens is 1. The molecular formula is C18H27BFNO2. The first kappa shape index (κ1) is 16.8. The Morgan fingerprint density at radius 1 is 1.17 bits per heavy atom. The maximum Gasteiger partial charge on any atom is 0.494 e. The molecule has 5 heteroatoms. The van der Waals surface area contributed by atoms with Gasteiger partial charge in [0.15, 0.2) is 0 Å². The minimum absolute atomic E-state index is 0.189. The lowest BCUT2D eigenvalue weighted by molar-refractivity contribution is 0.00578. The van der Waals surface area contributed by atoms with Gasteiger partial charge in [-0.15, -0.1) is 0 Å². The maximum absolute atomic E-state index is 14.6. The molecule has 0 amide bonds. The third-order valence-electron chi connectivity index (χ3n) is 5.49. The summed E-state index contributed by atoms with van der Waals surface area (Å²) in [5, 5.41) is 0. The quantitative estimate of drug-likeness (QED) is 0.780. The molecule has 0 spiro atoms. The standard InChI is InChI=1S/C18H27BFNO2/c1-13-7-6-10-21(12-13)16-9-8-14(11-15(16)20)19-22-17(2,3)18(4,5)23-19/h8-9,11,13H,6-7,10,12H2,1-5H3. The minimum atomic E-state index is -0.510. The van der Waals surface area contributed by atoms with Gasteiger partial charge in [-0.25, -0.2) is 4.39 Å². The van der Waals surface area contributed by atoms with Crippen molar-refractivity contribution in [1.29, 1.82) is 0 Å². The molecule has 0 bridgehead atoms. The van der Waals surface area contributed by atoms with Crippen molar-refractivity contribution in [2.75, 3.05) is 18.0 Å². The lowest BCUT2D eigenvalue weighted by Gasteiger charge is -2.33. The van der Waals surface area contributed by atoms with Crippen molar-refractivity contribution in [3.05, 3.63) is 24.0 Å². The van der Waals surface area contributed by atoms with E-state index >= 15 is 0 Å². The van der Waals surface area contributed by atoms with Gasteiger partial charge in [0, 0.05) is 13.1 Å². The summed E-state index contributed by atoms with van der Waals surface area (Å²) >= 11 is 0. The van der Waals surface area contributed by atoms with Crippen LogP contribution in [0.3, 0.4) is 0 Å². The van der Waals surface area contributed by atoms with Crippen molar-refractivity contribution in [2.24, 2.45) is 5.92 Å². The van der Waals surface area contributed by atoms with Crippen molar-refractivity contribution < 1.29 is 13.7 Å². The minimum Gasteiger partial charge on any atom is -0.399 e. The molecule has 2 saturated heterocycles. The van der Waals surface area contributed by atoms with Gasteiger partial charge in [0.05, 0.1) is 16.9 Å². The van der Waals surface area contributed by atoms with Gasteiger partial charge in [-0.05, 0) is 64.1 Å². The van der Waals surface area contributed by atoms with Gasteiger partial charge in [0.25, 0.3) is 0 Å². The molecule has 0 aliphatic carbocycles. The summed E-state index contributed by atoms with van der Waals surface area (Å²) < 4.78 is 26.7. The number of piperidine rings is 1. The predicted molar refractivity (Wildman–Crippen MR) is 92.7 cm³/mol. The number of hydrogen-bond donors (Lipinski definition) is 0. The molecule has 0 radical (unpaired) electrons. The fraction of sp³-hybridized carbons (Fsp3) is 0.667. The first-order valence-electron chi connectivity index (χ1n) is 8.60. The molecule has 1 aromatic carbocycles. The predicted octanol–water partition coefficient (Wildman–Crippen LogP) is 3.36. The largest absolute Gasteiger partial charge is 0.494 e. The molecule has 1 aromatic rings. The fourth-order valence-electron chi connectivity index (χ4n) is 3.31. The van der Waals surface area contributed by atoms with E-state index in [0.29, 0.717) is 11.6 Å². The summed E-state index contributed by atoms with van der Waals surface area (Å²) in [6, 6.07) is 5.37. The summed E-state index contributed by atoms with van der Waals surface area (Å²) in [5.41, 5.74) is 0.622. The van der Waals surface area contributed by atoms with E-state index in [-0.39, 0.29) is 5.82 Å². The second kappa shape index (κ2) is 5.78. The maximum atomic E-state index is 14.6. The second-order valence-electron chi connectivity index (χ2n) is 7.99. The van der Waals surface area contributed by atoms with Gasteiger partial charge in [0.1, 0.15) is 5.82 Å². The molecule has 1 atom stereocenters. The Kier molecular flexibility index (Phi) is 4.22. The van der Waals surface area contributed by atoms with E-state index in [9.17, 15) is 4.39 Å². The highest BCUT2D eigenvalue weighted by Crippen LogP contribution is 2.36. The molecule has 3 nitrogen and oxygen atoms in total. The molecule has 2 aliphatic rings. The molecule has 3 rings (SSSR count). The van der Waals surface area contributed by atoms with Gasteiger partial charge in [-0.2, -0.15) is 0 Å². The van der Waals surface area contributed by atoms with E-state index in [1.807, 2.05) is 39.8 Å². The average molecular weight is 319 g/mol. The summed E-state index contributed by atoms with van der Waals surface area (Å²) in [4.78, 5) is 2.15. The Labute approximate surface area is 139 Å². The number of rotatable bonds is 2. The summed E-state index contributed by atoms with van der Waals surface area (Å²) in [5.74, 6) is 0.428. The summed E-state index contributed by atoms with van der Waals surface area (Å²) in [6.45, 7) is 12.1. The van der Waals surface area contributed by atoms with Crippen LogP contribution in [0, 0.1) is 11.7 Å². The van der Waals surface area contributed by atoms with Crippen molar-refractivity contribution in [3.8, 4) is 0 Å². The van der Waals surface area contributed by atoms with Gasteiger partial charge < -0.3 is 14.2 Å². The van der Waals surface area contributed by atoms with Crippen molar-refractivity contribution in [2.45, 2.75) is 58.7 Å². The molecule has 23 heavy (non-hydrogen) atoms. The zero-order chi connectivity index (χ0) is 16.8. The lowest BCUT2D eigenvalue weighted by Crippen LogP contribution is -2.41. The molecule has 0 N–H and O–H groups in total. The van der Waals surface area contributed by atoms with Crippen LogP contribution in [0.4, 0.5) is 10.1 Å². The molecule has 0 saturated carbocycles. The van der Waals surface area contributed by atoms with E-state index < -0.39 is 18.3 Å². The number of nitrogens with zero attached hydrogens (tertiary/aromatic N) is 1. The third-order valence-corrected chi connectivity index (χ3v) is 5.49. The monoisotopic (exact) mass is 319 g/mol. The molecule has 2 heterocycles. The highest BCUT2D eigenvalue weighted by atomic mass is 19.1. The van der Waals surface area contributed by atoms with Crippen LogP contribution in [0.1, 0.15) is 47.5 Å². The fourth-order valence-corrected chi connectivity index (χ4v) is 3.31. The van der Waals surface area contributed by atoms with E-state index in [1.54, 1.807) is 6.07 Å². The number of anilines is 1. The van der Waals surface area contributed by atoms with Crippen LogP contribution in [0.15, 0.2) is 18.2 Å². The van der Waals surface area contributed by atoms with Crippen LogP contribution in [-0.4, -0.2) is 31.4 Å². The summed E-state index contributed by atoms with van der Waals surface area (Å²) in [7, 11) is -0.510. The molecular weight excluding hydrogens is 292 g/mol. The topological polar surface area (TPSA) is 21.7 Å². The SMILES string of the molecule is CC1CCCN(c2ccc(B3OC(C)(C)C(C)(C)O3)cc2F)C1. The zero-order valence-corrected chi connectivity index (χ0v) is 14.9. The Morgan fingerprint density at radius 2 is 1.83 bits per heavy atom. The molecule has 2 aliphatic heterocycles. The van der Waals surface area contributed by atoms with Crippen LogP contribution in [0.25, 0.3) is 0 Å². The van der Waals surface area contributed by atoms with E-state index in [1.165, 1.54) is 6.42 Å². The highest BCUT2D eigenvalue weighted by molar-refractivity contribution is 6.62. The Balaban J connectivity index is 1.80. The first-order chi connectivity index (χ1) is 10.7. The van der Waals surface area contributed by atoms with Crippen LogP contribution in [0.5, 0.6) is 0 Å². The molecule has 2 fully saturated rings. The summed E-state index contributed by atoms with van der Waals surface area (Å²) in [6.07, 6.45) is 2.35. The van der Waals surface area contributed by atoms with Gasteiger partial charge in [0.2, 0.25) is 0 Å². The normalized spacial score (nSPS) is 26.6. The molecule has 0 aromatic heterocycles. The second-order valence-corrected chi connectivity index (χ2v) is 7.99. The lowest BCUT2D eigenvalue weighted by atomic mass is 9.79. The van der Waals surface area contributed by atoms with Crippen molar-refractivity contribution in [1.82, 2.24) is 0 Å². The van der Waals surface area contributed by atoms with E-state index in [0.717, 1.165) is 25.0 Å². The van der Waals surface area contributed by atoms with E-state index in [2.05, 4.69) is 11.8 Å². The Hall–Kier alpha value is -1.07. The number of hydrogen-bond acceptors (Lipinski definition) is 3. The van der Waals surface area contributed by atoms with Crippen LogP contribution in [0.2, 0.25) is 0 Å². The van der Waals surface area contributed by atoms with Crippen molar-refractivity contribution in [3.63, 3.8) is 0 Å². The number of benzene rings is 1. The van der Waals surface area contributed by atoms with Gasteiger partial charge in [-0.3, -0.25) is 0 Å². The van der Waals surface area contributed by atoms with E-state index in [4.69, 9.17) is 9.31 Å². The molecule has 126 valence electrons. The first-order valence-corrected chi connectivity index (χ1v) is 8.60. The zero-order valence-electron chi connectivity index (χ0n) is 14.9.